The van der Waals surface area contributed by atoms with E-state index >= 15 is 0 Å². The quantitative estimate of drug-likeness (QED) is 0.436. The van der Waals surface area contributed by atoms with Gasteiger partial charge in [-0.3, -0.25) is 13.9 Å². The molecule has 1 unspecified atom stereocenters. The van der Waals surface area contributed by atoms with Gasteiger partial charge >= 0.3 is 0 Å². The van der Waals surface area contributed by atoms with E-state index in [1.807, 2.05) is 32.9 Å². The van der Waals surface area contributed by atoms with Crippen LogP contribution in [0.3, 0.4) is 0 Å². The molecule has 0 fully saturated rings. The standard InChI is InChI=1S/C26H37N3O6S/c1-7-15-27-26(31)22(8-2)28(17-20-10-12-21(34-4)13-11-20)25(30)18-29(36(6,32)33)23-16-19(3)9-14-24(23)35-5/h9-14,16,22H,7-8,15,17-18H2,1-6H3,(H,27,31). The van der Waals surface area contributed by atoms with E-state index in [1.165, 1.54) is 12.0 Å². The van der Waals surface area contributed by atoms with Crippen molar-refractivity contribution in [3.05, 3.63) is 53.6 Å². The number of amides is 2. The average molecular weight is 520 g/mol. The first-order valence-corrected chi connectivity index (χ1v) is 13.7. The molecule has 10 heteroatoms. The van der Waals surface area contributed by atoms with Crippen LogP contribution in [0.1, 0.15) is 37.8 Å². The van der Waals surface area contributed by atoms with Crippen LogP contribution in [0.4, 0.5) is 5.69 Å². The maximum absolute atomic E-state index is 13.7. The maximum Gasteiger partial charge on any atom is 0.244 e. The highest BCUT2D eigenvalue weighted by Gasteiger charge is 2.32. The fourth-order valence-electron chi connectivity index (χ4n) is 3.80. The molecule has 9 nitrogen and oxygen atoms in total. The number of nitrogens with one attached hydrogen (secondary N) is 1. The largest absolute Gasteiger partial charge is 0.497 e. The molecule has 0 aliphatic rings. The van der Waals surface area contributed by atoms with E-state index in [0.29, 0.717) is 24.5 Å². The molecule has 2 aromatic rings. The Hall–Kier alpha value is -3.27. The van der Waals surface area contributed by atoms with Crippen molar-refractivity contribution >= 4 is 27.5 Å². The third-order valence-electron chi connectivity index (χ3n) is 5.73. The van der Waals surface area contributed by atoms with Crippen molar-refractivity contribution in [2.75, 3.05) is 37.9 Å². The second-order valence-corrected chi connectivity index (χ2v) is 10.4. The number of carbonyl (C=O) groups excluding carboxylic acids is 2. The van der Waals surface area contributed by atoms with Gasteiger partial charge in [0.05, 0.1) is 26.2 Å². The Bertz CT molecular complexity index is 1130. The first kappa shape index (κ1) is 29.0. The highest BCUT2D eigenvalue weighted by atomic mass is 32.2. The Balaban J connectivity index is 2.48. The molecule has 0 saturated carbocycles. The normalized spacial score (nSPS) is 11.9. The number of methoxy groups -OCH3 is 2. The number of benzene rings is 2. The molecule has 1 N–H and O–H groups in total. The number of nitrogens with zero attached hydrogens (tertiary/aromatic N) is 2. The summed E-state index contributed by atoms with van der Waals surface area (Å²) in [6.07, 6.45) is 2.16. The Labute approximate surface area is 214 Å². The van der Waals surface area contributed by atoms with Crippen LogP contribution in [0.25, 0.3) is 0 Å². The van der Waals surface area contributed by atoms with Crippen LogP contribution in [-0.2, 0) is 26.2 Å². The molecule has 0 aliphatic carbocycles. The summed E-state index contributed by atoms with van der Waals surface area (Å²) in [5.41, 5.74) is 1.86. The maximum atomic E-state index is 13.7. The van der Waals surface area contributed by atoms with Crippen molar-refractivity contribution in [1.29, 1.82) is 0 Å². The van der Waals surface area contributed by atoms with Crippen LogP contribution < -0.4 is 19.1 Å². The van der Waals surface area contributed by atoms with Gasteiger partial charge in [0.15, 0.2) is 0 Å². The van der Waals surface area contributed by atoms with Gasteiger partial charge < -0.3 is 19.7 Å². The molecule has 2 amide bonds. The Morgan fingerprint density at radius 1 is 1.03 bits per heavy atom. The van der Waals surface area contributed by atoms with Crippen molar-refractivity contribution in [2.45, 2.75) is 46.2 Å². The molecule has 0 aromatic heterocycles. The monoisotopic (exact) mass is 519 g/mol. The zero-order valence-electron chi connectivity index (χ0n) is 21.9. The summed E-state index contributed by atoms with van der Waals surface area (Å²) in [6.45, 7) is 5.72. The molecule has 36 heavy (non-hydrogen) atoms. The lowest BCUT2D eigenvalue weighted by Gasteiger charge is -2.33. The zero-order valence-corrected chi connectivity index (χ0v) is 22.7. The highest BCUT2D eigenvalue weighted by molar-refractivity contribution is 7.92. The molecule has 0 spiro atoms. The number of rotatable bonds is 13. The molecule has 0 saturated heterocycles. The average Bonchev–Trinajstić information content (AvgIpc) is 2.85. The number of hydrogen-bond donors (Lipinski definition) is 1. The second kappa shape index (κ2) is 13.2. The van der Waals surface area contributed by atoms with Crippen LogP contribution in [-0.4, -0.2) is 64.7 Å². The van der Waals surface area contributed by atoms with Gasteiger partial charge in [-0.05, 0) is 55.2 Å². The topological polar surface area (TPSA) is 105 Å². The molecule has 1 atom stereocenters. The van der Waals surface area contributed by atoms with Gasteiger partial charge in [0.1, 0.15) is 24.1 Å². The Morgan fingerprint density at radius 3 is 2.22 bits per heavy atom. The van der Waals surface area contributed by atoms with Gasteiger partial charge in [-0.2, -0.15) is 0 Å². The van der Waals surface area contributed by atoms with E-state index in [2.05, 4.69) is 5.32 Å². The SMILES string of the molecule is CCCNC(=O)C(CC)N(Cc1ccc(OC)cc1)C(=O)CN(c1cc(C)ccc1OC)S(C)(=O)=O. The van der Waals surface area contributed by atoms with Crippen molar-refractivity contribution < 1.29 is 27.5 Å². The van der Waals surface area contributed by atoms with Crippen LogP contribution in [0.5, 0.6) is 11.5 Å². The number of hydrogen-bond acceptors (Lipinski definition) is 6. The molecule has 198 valence electrons. The van der Waals surface area contributed by atoms with Gasteiger partial charge in [-0.1, -0.05) is 32.0 Å². The summed E-state index contributed by atoms with van der Waals surface area (Å²) in [5.74, 6) is 0.214. The van der Waals surface area contributed by atoms with Crippen molar-refractivity contribution in [3.8, 4) is 11.5 Å². The lowest BCUT2D eigenvalue weighted by atomic mass is 10.1. The molecule has 0 bridgehead atoms. The number of ether oxygens (including phenoxy) is 2. The minimum atomic E-state index is -3.86. The number of carbonyl (C=O) groups is 2. The second-order valence-electron chi connectivity index (χ2n) is 8.53. The van der Waals surface area contributed by atoms with Gasteiger partial charge in [0.2, 0.25) is 21.8 Å². The lowest BCUT2D eigenvalue weighted by molar-refractivity contribution is -0.140. The predicted octanol–water partition coefficient (Wildman–Crippen LogP) is 3.11. The number of aryl methyl sites for hydroxylation is 1. The van der Waals surface area contributed by atoms with Gasteiger partial charge in [-0.25, -0.2) is 8.42 Å². The van der Waals surface area contributed by atoms with Gasteiger partial charge in [0, 0.05) is 13.1 Å². The molecule has 2 rings (SSSR count). The summed E-state index contributed by atoms with van der Waals surface area (Å²) in [5, 5.41) is 2.86. The van der Waals surface area contributed by atoms with Crippen molar-refractivity contribution in [3.63, 3.8) is 0 Å². The third-order valence-corrected chi connectivity index (χ3v) is 6.86. The van der Waals surface area contributed by atoms with E-state index in [1.54, 1.807) is 37.4 Å². The summed E-state index contributed by atoms with van der Waals surface area (Å²) in [7, 11) is -0.849. The first-order chi connectivity index (χ1) is 17.0. The molecule has 0 aliphatic heterocycles. The van der Waals surface area contributed by atoms with Crippen molar-refractivity contribution in [2.24, 2.45) is 0 Å². The minimum Gasteiger partial charge on any atom is -0.497 e. The first-order valence-electron chi connectivity index (χ1n) is 11.9. The summed E-state index contributed by atoms with van der Waals surface area (Å²) in [4.78, 5) is 28.2. The summed E-state index contributed by atoms with van der Waals surface area (Å²) in [6, 6.07) is 11.5. The fraction of sp³-hybridized carbons (Fsp3) is 0.462. The molecule has 2 aromatic carbocycles. The summed E-state index contributed by atoms with van der Waals surface area (Å²) < 4.78 is 37.3. The van der Waals surface area contributed by atoms with E-state index in [4.69, 9.17) is 9.47 Å². The predicted molar refractivity (Wildman–Crippen MR) is 141 cm³/mol. The van der Waals surface area contributed by atoms with Crippen LogP contribution >= 0.6 is 0 Å². The smallest absolute Gasteiger partial charge is 0.244 e. The Morgan fingerprint density at radius 2 is 1.69 bits per heavy atom. The highest BCUT2D eigenvalue weighted by Crippen LogP contribution is 2.31. The molecular weight excluding hydrogens is 482 g/mol. The minimum absolute atomic E-state index is 0.128. The van der Waals surface area contributed by atoms with Crippen LogP contribution in [0.2, 0.25) is 0 Å². The van der Waals surface area contributed by atoms with E-state index in [-0.39, 0.29) is 18.1 Å². The summed E-state index contributed by atoms with van der Waals surface area (Å²) >= 11 is 0. The van der Waals surface area contributed by atoms with Crippen LogP contribution in [0.15, 0.2) is 42.5 Å². The fourth-order valence-corrected chi connectivity index (χ4v) is 4.65. The zero-order chi connectivity index (χ0) is 26.9. The van der Waals surface area contributed by atoms with E-state index < -0.39 is 28.5 Å². The number of sulfonamides is 1. The van der Waals surface area contributed by atoms with E-state index in [0.717, 1.165) is 28.1 Å². The molecular formula is C26H37N3O6S. The van der Waals surface area contributed by atoms with Gasteiger partial charge in [0.25, 0.3) is 0 Å². The molecule has 0 heterocycles. The van der Waals surface area contributed by atoms with Crippen LogP contribution in [0, 0.1) is 6.92 Å². The number of anilines is 1. The Kier molecular flexibility index (Phi) is 10.6. The lowest BCUT2D eigenvalue weighted by Crippen LogP contribution is -2.52. The van der Waals surface area contributed by atoms with Crippen molar-refractivity contribution in [1.82, 2.24) is 10.2 Å². The molecule has 0 radical (unpaired) electrons. The third kappa shape index (κ3) is 7.61. The van der Waals surface area contributed by atoms with Gasteiger partial charge in [-0.15, -0.1) is 0 Å². The van der Waals surface area contributed by atoms with E-state index in [9.17, 15) is 18.0 Å².